The van der Waals surface area contributed by atoms with Gasteiger partial charge >= 0.3 is 5.97 Å². The van der Waals surface area contributed by atoms with Crippen molar-refractivity contribution in [3.05, 3.63) is 35.9 Å². The fourth-order valence-corrected chi connectivity index (χ4v) is 1.66. The molecule has 98 valence electrons. The summed E-state index contributed by atoms with van der Waals surface area (Å²) in [5.74, 6) is -1.66. The van der Waals surface area contributed by atoms with Gasteiger partial charge in [-0.15, -0.1) is 0 Å². The average molecular weight is 250 g/mol. The average Bonchev–Trinajstić information content (AvgIpc) is 2.33. The Kier molecular flexibility index (Phi) is 5.87. The number of aryl methyl sites for hydroxylation is 1. The first-order chi connectivity index (χ1) is 8.59. The maximum atomic E-state index is 10.8. The summed E-state index contributed by atoms with van der Waals surface area (Å²) in [5.41, 5.74) is 6.19. The second-order valence-electron chi connectivity index (χ2n) is 4.10. The minimum Gasteiger partial charge on any atom is -0.480 e. The van der Waals surface area contributed by atoms with Crippen molar-refractivity contribution in [2.45, 2.75) is 25.3 Å². The number of hydrogen-bond acceptors (Lipinski definition) is 3. The second-order valence-corrected chi connectivity index (χ2v) is 4.10. The summed E-state index contributed by atoms with van der Waals surface area (Å²) in [6.07, 6.45) is 1.50. The van der Waals surface area contributed by atoms with E-state index in [-0.39, 0.29) is 6.42 Å². The first kappa shape index (κ1) is 14.2. The zero-order chi connectivity index (χ0) is 13.4. The third kappa shape index (κ3) is 5.45. The van der Waals surface area contributed by atoms with Crippen LogP contribution >= 0.6 is 0 Å². The van der Waals surface area contributed by atoms with Crippen LogP contribution in [0.1, 0.15) is 18.4 Å². The SMILES string of the molecule is NC(=O)CC(NCCCc1ccccc1)C(=O)O. The van der Waals surface area contributed by atoms with Crippen molar-refractivity contribution in [2.75, 3.05) is 6.54 Å². The van der Waals surface area contributed by atoms with Gasteiger partial charge in [0, 0.05) is 0 Å². The fraction of sp³-hybridized carbons (Fsp3) is 0.385. The van der Waals surface area contributed by atoms with Gasteiger partial charge in [0.25, 0.3) is 0 Å². The van der Waals surface area contributed by atoms with Crippen LogP contribution in [0, 0.1) is 0 Å². The largest absolute Gasteiger partial charge is 0.480 e. The van der Waals surface area contributed by atoms with Gasteiger partial charge in [0.2, 0.25) is 5.91 Å². The molecule has 0 aliphatic rings. The van der Waals surface area contributed by atoms with Crippen molar-refractivity contribution < 1.29 is 14.7 Å². The molecule has 1 amide bonds. The smallest absolute Gasteiger partial charge is 0.321 e. The molecule has 18 heavy (non-hydrogen) atoms. The van der Waals surface area contributed by atoms with E-state index in [4.69, 9.17) is 10.8 Å². The topological polar surface area (TPSA) is 92.4 Å². The van der Waals surface area contributed by atoms with Gasteiger partial charge in [0.15, 0.2) is 0 Å². The van der Waals surface area contributed by atoms with Gasteiger partial charge in [-0.25, -0.2) is 0 Å². The van der Waals surface area contributed by atoms with Crippen LogP contribution in [0.5, 0.6) is 0 Å². The first-order valence-electron chi connectivity index (χ1n) is 5.88. The van der Waals surface area contributed by atoms with Gasteiger partial charge in [0.1, 0.15) is 6.04 Å². The van der Waals surface area contributed by atoms with Crippen molar-refractivity contribution in [3.63, 3.8) is 0 Å². The van der Waals surface area contributed by atoms with E-state index in [2.05, 4.69) is 5.32 Å². The van der Waals surface area contributed by atoms with Crippen LogP contribution in [-0.4, -0.2) is 29.6 Å². The van der Waals surface area contributed by atoms with Crippen molar-refractivity contribution in [2.24, 2.45) is 5.73 Å². The maximum Gasteiger partial charge on any atom is 0.321 e. The Morgan fingerprint density at radius 2 is 1.94 bits per heavy atom. The Bertz CT molecular complexity index is 392. The van der Waals surface area contributed by atoms with Crippen LogP contribution in [0.2, 0.25) is 0 Å². The monoisotopic (exact) mass is 250 g/mol. The summed E-state index contributed by atoms with van der Waals surface area (Å²) >= 11 is 0. The standard InChI is InChI=1S/C13H18N2O3/c14-12(16)9-11(13(17)18)15-8-4-7-10-5-2-1-3-6-10/h1-3,5-6,11,15H,4,7-9H2,(H2,14,16)(H,17,18). The highest BCUT2D eigenvalue weighted by atomic mass is 16.4. The Balaban J connectivity index is 2.27. The van der Waals surface area contributed by atoms with E-state index in [1.165, 1.54) is 5.56 Å². The normalized spacial score (nSPS) is 12.0. The molecule has 0 spiro atoms. The maximum absolute atomic E-state index is 10.8. The van der Waals surface area contributed by atoms with Crippen molar-refractivity contribution in [1.82, 2.24) is 5.32 Å². The Hall–Kier alpha value is -1.88. The Morgan fingerprint density at radius 1 is 1.28 bits per heavy atom. The summed E-state index contributed by atoms with van der Waals surface area (Å²) in [6, 6.07) is 9.05. The molecule has 0 bridgehead atoms. The van der Waals surface area contributed by atoms with Crippen LogP contribution < -0.4 is 11.1 Å². The molecule has 0 aliphatic heterocycles. The van der Waals surface area contributed by atoms with Crippen molar-refractivity contribution in [1.29, 1.82) is 0 Å². The number of rotatable bonds is 8. The highest BCUT2D eigenvalue weighted by molar-refractivity contribution is 5.83. The molecule has 0 heterocycles. The number of carboxylic acid groups (broad SMARTS) is 1. The molecule has 5 nitrogen and oxygen atoms in total. The summed E-state index contributed by atoms with van der Waals surface area (Å²) in [4.78, 5) is 21.5. The molecule has 5 heteroatoms. The molecular formula is C13H18N2O3. The van der Waals surface area contributed by atoms with E-state index in [0.717, 1.165) is 12.8 Å². The lowest BCUT2D eigenvalue weighted by molar-refractivity contribution is -0.141. The van der Waals surface area contributed by atoms with Crippen LogP contribution in [-0.2, 0) is 16.0 Å². The lowest BCUT2D eigenvalue weighted by Gasteiger charge is -2.12. The number of carboxylic acids is 1. The highest BCUT2D eigenvalue weighted by Gasteiger charge is 2.18. The molecule has 1 unspecified atom stereocenters. The number of amides is 1. The summed E-state index contributed by atoms with van der Waals surface area (Å²) < 4.78 is 0. The quantitative estimate of drug-likeness (QED) is 0.587. The van der Waals surface area contributed by atoms with E-state index in [1.54, 1.807) is 0 Å². The molecule has 1 aromatic carbocycles. The van der Waals surface area contributed by atoms with Gasteiger partial charge in [-0.05, 0) is 24.9 Å². The molecule has 1 rings (SSSR count). The number of benzene rings is 1. The summed E-state index contributed by atoms with van der Waals surface area (Å²) in [5, 5.41) is 11.7. The fourth-order valence-electron chi connectivity index (χ4n) is 1.66. The minimum atomic E-state index is -1.05. The molecule has 0 fully saturated rings. The number of primary amides is 1. The minimum absolute atomic E-state index is 0.180. The third-order valence-corrected chi connectivity index (χ3v) is 2.58. The molecule has 4 N–H and O–H groups in total. The van der Waals surface area contributed by atoms with E-state index in [0.29, 0.717) is 6.54 Å². The van der Waals surface area contributed by atoms with Crippen LogP contribution in [0.25, 0.3) is 0 Å². The van der Waals surface area contributed by atoms with Gasteiger partial charge in [-0.3, -0.25) is 9.59 Å². The second kappa shape index (κ2) is 7.45. The molecule has 0 saturated heterocycles. The number of carbonyl (C=O) groups excluding carboxylic acids is 1. The zero-order valence-corrected chi connectivity index (χ0v) is 10.1. The Labute approximate surface area is 106 Å². The van der Waals surface area contributed by atoms with Crippen LogP contribution in [0.15, 0.2) is 30.3 Å². The van der Waals surface area contributed by atoms with Gasteiger partial charge in [-0.2, -0.15) is 0 Å². The van der Waals surface area contributed by atoms with E-state index >= 15 is 0 Å². The third-order valence-electron chi connectivity index (χ3n) is 2.58. The number of nitrogens with one attached hydrogen (secondary N) is 1. The molecular weight excluding hydrogens is 232 g/mol. The van der Waals surface area contributed by atoms with Gasteiger partial charge < -0.3 is 16.2 Å². The lowest BCUT2D eigenvalue weighted by Crippen LogP contribution is -2.40. The van der Waals surface area contributed by atoms with E-state index < -0.39 is 17.9 Å². The molecule has 0 aliphatic carbocycles. The van der Waals surface area contributed by atoms with E-state index in [9.17, 15) is 9.59 Å². The summed E-state index contributed by atoms with van der Waals surface area (Å²) in [6.45, 7) is 0.541. The molecule has 0 radical (unpaired) electrons. The van der Waals surface area contributed by atoms with Gasteiger partial charge in [0.05, 0.1) is 6.42 Å². The molecule has 1 aromatic rings. The van der Waals surface area contributed by atoms with E-state index in [1.807, 2.05) is 30.3 Å². The van der Waals surface area contributed by atoms with Gasteiger partial charge in [-0.1, -0.05) is 30.3 Å². The summed E-state index contributed by atoms with van der Waals surface area (Å²) in [7, 11) is 0. The Morgan fingerprint density at radius 3 is 2.50 bits per heavy atom. The zero-order valence-electron chi connectivity index (χ0n) is 10.1. The van der Waals surface area contributed by atoms with Crippen LogP contribution in [0.3, 0.4) is 0 Å². The number of hydrogen-bond donors (Lipinski definition) is 3. The molecule has 0 aromatic heterocycles. The first-order valence-corrected chi connectivity index (χ1v) is 5.88. The van der Waals surface area contributed by atoms with Crippen molar-refractivity contribution >= 4 is 11.9 Å². The lowest BCUT2D eigenvalue weighted by atomic mass is 10.1. The number of carbonyl (C=O) groups is 2. The van der Waals surface area contributed by atoms with Crippen LogP contribution in [0.4, 0.5) is 0 Å². The molecule has 0 saturated carbocycles. The predicted molar refractivity (Wildman–Crippen MR) is 68.0 cm³/mol. The predicted octanol–water partition coefficient (Wildman–Crippen LogP) is 0.537. The number of nitrogens with two attached hydrogens (primary N) is 1. The van der Waals surface area contributed by atoms with Crippen molar-refractivity contribution in [3.8, 4) is 0 Å². The highest BCUT2D eigenvalue weighted by Crippen LogP contribution is 2.02. The molecule has 1 atom stereocenters. The number of aliphatic carboxylic acids is 1.